The molecule has 6 heteroatoms. The Morgan fingerprint density at radius 1 is 1.14 bits per heavy atom. The second kappa shape index (κ2) is 5.97. The maximum absolute atomic E-state index is 12.4. The molecule has 0 spiro atoms. The molecule has 5 nitrogen and oxygen atoms in total. The first kappa shape index (κ1) is 15.1. The Morgan fingerprint density at radius 3 is 2.43 bits per heavy atom. The third kappa shape index (κ3) is 3.41. The van der Waals surface area contributed by atoms with Crippen LogP contribution >= 0.6 is 0 Å². The summed E-state index contributed by atoms with van der Waals surface area (Å²) in [6.45, 7) is 0. The normalized spacial score (nSPS) is 11.1. The van der Waals surface area contributed by atoms with E-state index in [-0.39, 0.29) is 16.2 Å². The molecular formula is C15H14O5S. The van der Waals surface area contributed by atoms with Crippen LogP contribution in [0.5, 0.6) is 5.75 Å². The molecule has 0 radical (unpaired) electrons. The Morgan fingerprint density at radius 2 is 1.81 bits per heavy atom. The molecule has 0 aliphatic carbocycles. The molecule has 0 aromatic heterocycles. The van der Waals surface area contributed by atoms with Gasteiger partial charge in [0, 0.05) is 0 Å². The molecule has 0 unspecified atom stereocenters. The van der Waals surface area contributed by atoms with Gasteiger partial charge in [-0.1, -0.05) is 30.3 Å². The van der Waals surface area contributed by atoms with E-state index in [0.717, 1.165) is 6.07 Å². The Hall–Kier alpha value is -2.34. The fourth-order valence-corrected chi connectivity index (χ4v) is 3.36. The number of hydrogen-bond donors (Lipinski definition) is 1. The molecule has 0 bridgehead atoms. The maximum Gasteiger partial charge on any atom is 0.337 e. The molecule has 2 aromatic carbocycles. The molecule has 0 atom stereocenters. The third-order valence-electron chi connectivity index (χ3n) is 2.92. The standard InChI is InChI=1S/C15H14O5S/c1-20-15(17)12-7-8-13(16)14(9-12)21(18,19)10-11-5-3-2-4-6-11/h2-9,16H,10H2,1H3. The van der Waals surface area contributed by atoms with Crippen molar-refractivity contribution in [2.24, 2.45) is 0 Å². The topological polar surface area (TPSA) is 80.7 Å². The molecule has 0 heterocycles. The number of phenols is 1. The minimum absolute atomic E-state index is 0.0712. The molecular weight excluding hydrogens is 292 g/mol. The number of sulfone groups is 1. The predicted molar refractivity (Wildman–Crippen MR) is 76.8 cm³/mol. The molecule has 2 aromatic rings. The first-order valence-electron chi connectivity index (χ1n) is 6.12. The SMILES string of the molecule is COC(=O)c1ccc(O)c(S(=O)(=O)Cc2ccccc2)c1. The molecule has 0 aliphatic rings. The van der Waals surface area contributed by atoms with Crippen molar-refractivity contribution < 1.29 is 23.1 Å². The summed E-state index contributed by atoms with van der Waals surface area (Å²) in [4.78, 5) is 11.2. The van der Waals surface area contributed by atoms with Crippen molar-refractivity contribution in [2.45, 2.75) is 10.6 Å². The molecule has 0 saturated heterocycles. The van der Waals surface area contributed by atoms with Gasteiger partial charge in [-0.15, -0.1) is 0 Å². The first-order chi connectivity index (χ1) is 9.94. The monoisotopic (exact) mass is 306 g/mol. The Bertz CT molecular complexity index is 751. The number of carbonyl (C=O) groups excluding carboxylic acids is 1. The molecule has 0 amide bonds. The molecule has 1 N–H and O–H groups in total. The number of carbonyl (C=O) groups is 1. The highest BCUT2D eigenvalue weighted by atomic mass is 32.2. The maximum atomic E-state index is 12.4. The average Bonchev–Trinajstić information content (AvgIpc) is 2.47. The van der Waals surface area contributed by atoms with Crippen molar-refractivity contribution in [1.29, 1.82) is 0 Å². The van der Waals surface area contributed by atoms with Gasteiger partial charge in [-0.05, 0) is 23.8 Å². The fourth-order valence-electron chi connectivity index (χ4n) is 1.88. The van der Waals surface area contributed by atoms with Crippen LogP contribution in [-0.2, 0) is 20.3 Å². The van der Waals surface area contributed by atoms with Crippen molar-refractivity contribution in [3.05, 3.63) is 59.7 Å². The van der Waals surface area contributed by atoms with Crippen LogP contribution in [0.15, 0.2) is 53.4 Å². The lowest BCUT2D eigenvalue weighted by Crippen LogP contribution is -2.08. The highest BCUT2D eigenvalue weighted by Gasteiger charge is 2.21. The summed E-state index contributed by atoms with van der Waals surface area (Å²) in [5.74, 6) is -1.31. The summed E-state index contributed by atoms with van der Waals surface area (Å²) in [5.41, 5.74) is 0.669. The number of ether oxygens (including phenoxy) is 1. The zero-order valence-corrected chi connectivity index (χ0v) is 12.1. The Labute approximate surface area is 122 Å². The number of aromatic hydroxyl groups is 1. The van der Waals surface area contributed by atoms with E-state index in [1.165, 1.54) is 19.2 Å². The first-order valence-corrected chi connectivity index (χ1v) is 7.77. The van der Waals surface area contributed by atoms with Crippen LogP contribution in [0.3, 0.4) is 0 Å². The predicted octanol–water partition coefficient (Wildman–Crippen LogP) is 2.15. The van der Waals surface area contributed by atoms with Gasteiger partial charge in [-0.3, -0.25) is 0 Å². The number of esters is 1. The van der Waals surface area contributed by atoms with E-state index in [4.69, 9.17) is 0 Å². The molecule has 0 aliphatic heterocycles. The zero-order valence-electron chi connectivity index (χ0n) is 11.3. The number of rotatable bonds is 4. The van der Waals surface area contributed by atoms with E-state index < -0.39 is 21.6 Å². The van der Waals surface area contributed by atoms with E-state index >= 15 is 0 Å². The van der Waals surface area contributed by atoms with Crippen molar-refractivity contribution in [3.8, 4) is 5.75 Å². The van der Waals surface area contributed by atoms with Gasteiger partial charge in [0.1, 0.15) is 10.6 Å². The molecule has 110 valence electrons. The van der Waals surface area contributed by atoms with E-state index in [1.54, 1.807) is 30.3 Å². The van der Waals surface area contributed by atoms with Gasteiger partial charge in [0.15, 0.2) is 9.84 Å². The highest BCUT2D eigenvalue weighted by Crippen LogP contribution is 2.27. The quantitative estimate of drug-likeness (QED) is 0.875. The third-order valence-corrected chi connectivity index (χ3v) is 4.63. The lowest BCUT2D eigenvalue weighted by atomic mass is 10.2. The van der Waals surface area contributed by atoms with Crippen molar-refractivity contribution >= 4 is 15.8 Å². The lowest BCUT2D eigenvalue weighted by Gasteiger charge is -2.08. The van der Waals surface area contributed by atoms with E-state index in [0.29, 0.717) is 5.56 Å². The van der Waals surface area contributed by atoms with Crippen LogP contribution in [0.25, 0.3) is 0 Å². The summed E-state index contributed by atoms with van der Waals surface area (Å²) in [6, 6.07) is 12.2. The number of benzene rings is 2. The zero-order chi connectivity index (χ0) is 15.5. The van der Waals surface area contributed by atoms with E-state index in [2.05, 4.69) is 4.74 Å². The fraction of sp³-hybridized carbons (Fsp3) is 0.133. The number of hydrogen-bond acceptors (Lipinski definition) is 5. The van der Waals surface area contributed by atoms with Crippen LogP contribution in [0.2, 0.25) is 0 Å². The summed E-state index contributed by atoms with van der Waals surface area (Å²) < 4.78 is 29.3. The van der Waals surface area contributed by atoms with Crippen LogP contribution in [0.4, 0.5) is 0 Å². The van der Waals surface area contributed by atoms with Crippen LogP contribution in [0, 0.1) is 0 Å². The average molecular weight is 306 g/mol. The summed E-state index contributed by atoms with van der Waals surface area (Å²) in [6.07, 6.45) is 0. The second-order valence-corrected chi connectivity index (χ2v) is 6.38. The number of methoxy groups -OCH3 is 1. The molecule has 21 heavy (non-hydrogen) atoms. The lowest BCUT2D eigenvalue weighted by molar-refractivity contribution is 0.0600. The summed E-state index contributed by atoms with van der Waals surface area (Å²) in [5, 5.41) is 9.77. The van der Waals surface area contributed by atoms with Crippen molar-refractivity contribution in [2.75, 3.05) is 7.11 Å². The van der Waals surface area contributed by atoms with Gasteiger partial charge >= 0.3 is 5.97 Å². The highest BCUT2D eigenvalue weighted by molar-refractivity contribution is 7.90. The Kier molecular flexibility index (Phi) is 4.28. The van der Waals surface area contributed by atoms with Crippen molar-refractivity contribution in [1.82, 2.24) is 0 Å². The Balaban J connectivity index is 2.42. The van der Waals surface area contributed by atoms with Gasteiger partial charge in [-0.2, -0.15) is 0 Å². The minimum atomic E-state index is -3.77. The second-order valence-electron chi connectivity index (χ2n) is 4.42. The van der Waals surface area contributed by atoms with Crippen molar-refractivity contribution in [3.63, 3.8) is 0 Å². The smallest absolute Gasteiger partial charge is 0.337 e. The largest absolute Gasteiger partial charge is 0.507 e. The summed E-state index contributed by atoms with van der Waals surface area (Å²) >= 11 is 0. The molecule has 0 fully saturated rings. The van der Waals surface area contributed by atoms with E-state index in [9.17, 15) is 18.3 Å². The van der Waals surface area contributed by atoms with Gasteiger partial charge in [0.25, 0.3) is 0 Å². The van der Waals surface area contributed by atoms with Gasteiger partial charge in [0.05, 0.1) is 18.4 Å². The summed E-state index contributed by atoms with van der Waals surface area (Å²) in [7, 11) is -2.56. The van der Waals surface area contributed by atoms with Crippen LogP contribution in [0.1, 0.15) is 15.9 Å². The molecule has 0 saturated carbocycles. The van der Waals surface area contributed by atoms with Crippen LogP contribution in [-0.4, -0.2) is 26.6 Å². The minimum Gasteiger partial charge on any atom is -0.507 e. The van der Waals surface area contributed by atoms with E-state index in [1.807, 2.05) is 0 Å². The van der Waals surface area contributed by atoms with Gasteiger partial charge < -0.3 is 9.84 Å². The van der Waals surface area contributed by atoms with Gasteiger partial charge in [-0.25, -0.2) is 13.2 Å². The molecule has 2 rings (SSSR count). The number of phenolic OH excluding ortho intramolecular Hbond substituents is 1. The van der Waals surface area contributed by atoms with Gasteiger partial charge in [0.2, 0.25) is 0 Å². The van der Waals surface area contributed by atoms with Crippen LogP contribution < -0.4 is 0 Å².